The number of esters is 1. The van der Waals surface area contributed by atoms with Crippen LogP contribution < -0.4 is 5.32 Å². The van der Waals surface area contributed by atoms with Crippen LogP contribution in [0.1, 0.15) is 36.9 Å². The normalized spacial score (nSPS) is 11.0. The van der Waals surface area contributed by atoms with Crippen molar-refractivity contribution in [2.24, 2.45) is 0 Å². The molecule has 1 aromatic heterocycles. The van der Waals surface area contributed by atoms with Gasteiger partial charge in [-0.1, -0.05) is 39.0 Å². The first kappa shape index (κ1) is 18.2. The third-order valence-electron chi connectivity index (χ3n) is 3.32. The van der Waals surface area contributed by atoms with E-state index in [0.29, 0.717) is 5.69 Å². The number of nitrogens with one attached hydrogen (secondary N) is 1. The predicted molar refractivity (Wildman–Crippen MR) is 89.4 cm³/mol. The molecule has 0 aliphatic heterocycles. The van der Waals surface area contributed by atoms with Gasteiger partial charge in [0.05, 0.1) is 6.07 Å². The number of rotatable bonds is 5. The number of anilines is 1. The van der Waals surface area contributed by atoms with Gasteiger partial charge in [-0.3, -0.25) is 14.9 Å². The number of hydrogen-bond donors (Lipinski definition) is 1. The van der Waals surface area contributed by atoms with Crippen LogP contribution in [0.4, 0.5) is 11.6 Å². The Labute approximate surface area is 143 Å². The molecule has 0 atom stereocenters. The molecule has 0 fully saturated rings. The molecule has 0 aliphatic rings. The van der Waals surface area contributed by atoms with Gasteiger partial charge >= 0.3 is 11.9 Å². The fourth-order valence-electron chi connectivity index (χ4n) is 2.17. The smallest absolute Gasteiger partial charge is 0.433 e. The minimum absolute atomic E-state index is 0.173. The van der Waals surface area contributed by atoms with Gasteiger partial charge in [0.2, 0.25) is 5.76 Å². The van der Waals surface area contributed by atoms with Gasteiger partial charge in [-0.2, -0.15) is 0 Å². The summed E-state index contributed by atoms with van der Waals surface area (Å²) in [5.41, 5.74) is 1.40. The fourth-order valence-corrected chi connectivity index (χ4v) is 2.17. The first-order valence-corrected chi connectivity index (χ1v) is 7.49. The molecule has 0 unspecified atom stereocenters. The maximum absolute atomic E-state index is 12.0. The largest absolute Gasteiger partial charge is 0.450 e. The van der Waals surface area contributed by atoms with Crippen LogP contribution in [0.2, 0.25) is 0 Å². The summed E-state index contributed by atoms with van der Waals surface area (Å²) in [5, 5.41) is 13.2. The van der Waals surface area contributed by atoms with E-state index < -0.39 is 29.3 Å². The molecular weight excluding hydrogens is 328 g/mol. The predicted octanol–water partition coefficient (Wildman–Crippen LogP) is 3.28. The minimum atomic E-state index is -0.952. The van der Waals surface area contributed by atoms with Crippen LogP contribution in [0, 0.1) is 10.1 Å². The van der Waals surface area contributed by atoms with E-state index in [1.807, 2.05) is 32.9 Å². The number of nitrogens with zero attached hydrogens (tertiary/aromatic N) is 1. The van der Waals surface area contributed by atoms with Crippen LogP contribution in [0.3, 0.4) is 0 Å². The van der Waals surface area contributed by atoms with Crippen molar-refractivity contribution in [2.75, 3.05) is 11.9 Å². The molecule has 1 amide bonds. The van der Waals surface area contributed by atoms with Gasteiger partial charge < -0.3 is 14.5 Å². The Hall–Kier alpha value is -3.16. The molecule has 25 heavy (non-hydrogen) atoms. The molecule has 0 saturated heterocycles. The molecule has 0 saturated carbocycles. The summed E-state index contributed by atoms with van der Waals surface area (Å²) >= 11 is 0. The number of ether oxygens (including phenoxy) is 1. The fraction of sp³-hybridized carbons (Fsp3) is 0.294. The molecule has 1 aromatic carbocycles. The highest BCUT2D eigenvalue weighted by Gasteiger charge is 2.21. The average Bonchev–Trinajstić information content (AvgIpc) is 3.02. The van der Waals surface area contributed by atoms with Crippen molar-refractivity contribution in [1.82, 2.24) is 0 Å². The summed E-state index contributed by atoms with van der Waals surface area (Å²) in [6, 6.07) is 9.49. The van der Waals surface area contributed by atoms with Crippen LogP contribution >= 0.6 is 0 Å². The van der Waals surface area contributed by atoms with Crippen LogP contribution in [0.15, 0.2) is 40.8 Å². The first-order valence-electron chi connectivity index (χ1n) is 7.49. The molecule has 8 nitrogen and oxygen atoms in total. The quantitative estimate of drug-likeness (QED) is 0.505. The van der Waals surface area contributed by atoms with Crippen molar-refractivity contribution in [1.29, 1.82) is 0 Å². The van der Waals surface area contributed by atoms with E-state index in [2.05, 4.69) is 5.32 Å². The Bertz CT molecular complexity index is 803. The minimum Gasteiger partial charge on any atom is -0.450 e. The van der Waals surface area contributed by atoms with E-state index in [-0.39, 0.29) is 11.2 Å². The van der Waals surface area contributed by atoms with E-state index in [1.54, 1.807) is 12.1 Å². The Morgan fingerprint density at radius 2 is 1.88 bits per heavy atom. The van der Waals surface area contributed by atoms with Gasteiger partial charge in [-0.05, 0) is 23.1 Å². The Balaban J connectivity index is 1.97. The van der Waals surface area contributed by atoms with Gasteiger partial charge in [-0.15, -0.1) is 0 Å². The molecule has 1 heterocycles. The van der Waals surface area contributed by atoms with Crippen molar-refractivity contribution in [3.8, 4) is 0 Å². The zero-order chi connectivity index (χ0) is 18.6. The van der Waals surface area contributed by atoms with Gasteiger partial charge in [0, 0.05) is 5.69 Å². The number of para-hydroxylation sites is 1. The summed E-state index contributed by atoms with van der Waals surface area (Å²) in [4.78, 5) is 33.5. The second-order valence-corrected chi connectivity index (χ2v) is 6.31. The van der Waals surface area contributed by atoms with Crippen molar-refractivity contribution in [2.45, 2.75) is 26.2 Å². The molecule has 8 heteroatoms. The molecule has 0 radical (unpaired) electrons. The second kappa shape index (κ2) is 7.16. The summed E-state index contributed by atoms with van der Waals surface area (Å²) in [6.07, 6.45) is 0. The number of benzene rings is 1. The number of carbonyl (C=O) groups is 2. The van der Waals surface area contributed by atoms with Crippen LogP contribution in [-0.4, -0.2) is 23.4 Å². The van der Waals surface area contributed by atoms with Crippen molar-refractivity contribution >= 4 is 23.4 Å². The monoisotopic (exact) mass is 346 g/mol. The number of carbonyl (C=O) groups excluding carboxylic acids is 2. The lowest BCUT2D eigenvalue weighted by Crippen LogP contribution is -2.23. The Kier molecular flexibility index (Phi) is 5.21. The number of hydrogen-bond acceptors (Lipinski definition) is 6. The van der Waals surface area contributed by atoms with E-state index in [4.69, 9.17) is 9.15 Å². The van der Waals surface area contributed by atoms with Crippen LogP contribution in [0.25, 0.3) is 0 Å². The highest BCUT2D eigenvalue weighted by Crippen LogP contribution is 2.29. The summed E-state index contributed by atoms with van der Waals surface area (Å²) in [7, 11) is 0. The van der Waals surface area contributed by atoms with E-state index >= 15 is 0 Å². The Morgan fingerprint density at radius 1 is 1.20 bits per heavy atom. The molecule has 0 spiro atoms. The number of furan rings is 1. The van der Waals surface area contributed by atoms with Gasteiger partial charge in [0.25, 0.3) is 5.91 Å². The SMILES string of the molecule is CC(C)(C)c1ccccc1NC(=O)COC(=O)c1ccc([N+](=O)[O-])o1. The molecule has 2 aromatic rings. The lowest BCUT2D eigenvalue weighted by atomic mass is 9.86. The summed E-state index contributed by atoms with van der Waals surface area (Å²) < 4.78 is 9.53. The first-order chi connectivity index (χ1) is 11.7. The third-order valence-corrected chi connectivity index (χ3v) is 3.32. The topological polar surface area (TPSA) is 112 Å². The Morgan fingerprint density at radius 3 is 2.48 bits per heavy atom. The number of amides is 1. The molecule has 0 aliphatic carbocycles. The third kappa shape index (κ3) is 4.66. The molecule has 2 rings (SSSR count). The average molecular weight is 346 g/mol. The van der Waals surface area contributed by atoms with E-state index in [9.17, 15) is 19.7 Å². The standard InChI is InChI=1S/C17H18N2O6/c1-17(2,3)11-6-4-5-7-12(11)18-14(20)10-24-16(21)13-8-9-15(25-13)19(22)23/h4-9H,10H2,1-3H3,(H,18,20). The van der Waals surface area contributed by atoms with Gasteiger partial charge in [0.15, 0.2) is 6.61 Å². The summed E-state index contributed by atoms with van der Waals surface area (Å²) in [5.74, 6) is -2.39. The molecule has 1 N–H and O–H groups in total. The summed E-state index contributed by atoms with van der Waals surface area (Å²) in [6.45, 7) is 5.51. The maximum Gasteiger partial charge on any atom is 0.433 e. The highest BCUT2D eigenvalue weighted by atomic mass is 16.7. The highest BCUT2D eigenvalue weighted by molar-refractivity contribution is 5.95. The zero-order valence-electron chi connectivity index (χ0n) is 14.1. The van der Waals surface area contributed by atoms with Crippen LogP contribution in [0.5, 0.6) is 0 Å². The van der Waals surface area contributed by atoms with Crippen LogP contribution in [-0.2, 0) is 14.9 Å². The zero-order valence-corrected chi connectivity index (χ0v) is 14.1. The van der Waals surface area contributed by atoms with Crippen molar-refractivity contribution < 1.29 is 23.7 Å². The van der Waals surface area contributed by atoms with Crippen molar-refractivity contribution in [3.63, 3.8) is 0 Å². The van der Waals surface area contributed by atoms with Crippen molar-refractivity contribution in [3.05, 3.63) is 57.8 Å². The van der Waals surface area contributed by atoms with E-state index in [1.165, 1.54) is 0 Å². The van der Waals surface area contributed by atoms with Gasteiger partial charge in [-0.25, -0.2) is 4.79 Å². The molecular formula is C17H18N2O6. The van der Waals surface area contributed by atoms with E-state index in [0.717, 1.165) is 17.7 Å². The molecule has 0 bridgehead atoms. The van der Waals surface area contributed by atoms with Gasteiger partial charge in [0.1, 0.15) is 4.92 Å². The second-order valence-electron chi connectivity index (χ2n) is 6.31. The number of nitro groups is 1. The maximum atomic E-state index is 12.0. The molecule has 132 valence electrons. The lowest BCUT2D eigenvalue weighted by Gasteiger charge is -2.22. The lowest BCUT2D eigenvalue weighted by molar-refractivity contribution is -0.402.